The Morgan fingerprint density at radius 2 is 1.82 bits per heavy atom. The van der Waals surface area contributed by atoms with E-state index in [9.17, 15) is 18.4 Å². The van der Waals surface area contributed by atoms with Crippen LogP contribution in [0.1, 0.15) is 32.2 Å². The zero-order valence-electron chi connectivity index (χ0n) is 19.3. The first-order valence-corrected chi connectivity index (χ1v) is 10.5. The molecule has 0 aliphatic carbocycles. The molecule has 0 saturated heterocycles. The monoisotopic (exact) mass is 467 g/mol. The van der Waals surface area contributed by atoms with Gasteiger partial charge in [0.1, 0.15) is 28.8 Å². The maximum absolute atomic E-state index is 14.9. The molecule has 0 saturated carbocycles. The van der Waals surface area contributed by atoms with E-state index in [0.29, 0.717) is 22.5 Å². The molecule has 4 aromatic rings. The Morgan fingerprint density at radius 3 is 2.44 bits per heavy atom. The van der Waals surface area contributed by atoms with E-state index in [2.05, 4.69) is 10.5 Å². The normalized spacial score (nSPS) is 11.6. The minimum absolute atomic E-state index is 0.0341. The Hall–Kier alpha value is -4.01. The third-order valence-electron chi connectivity index (χ3n) is 5.11. The minimum atomic E-state index is -0.875. The summed E-state index contributed by atoms with van der Waals surface area (Å²) < 4.78 is 40.5. The number of aromatic nitrogens is 2. The SMILES string of the molecule is Cc1noc(C)c1-c1ccc2c(=O)cc(NC(=O)OC(C)(C)C)n(-c3ccc(F)cc3F)c2c1. The average molecular weight is 467 g/mol. The van der Waals surface area contributed by atoms with E-state index >= 15 is 0 Å². The molecule has 4 rings (SSSR count). The summed E-state index contributed by atoms with van der Waals surface area (Å²) in [4.78, 5) is 25.4. The van der Waals surface area contributed by atoms with Gasteiger partial charge in [0, 0.05) is 23.1 Å². The Morgan fingerprint density at radius 1 is 1.09 bits per heavy atom. The van der Waals surface area contributed by atoms with Crippen LogP contribution in [-0.4, -0.2) is 21.4 Å². The molecule has 0 spiro atoms. The number of hydrogen-bond acceptors (Lipinski definition) is 5. The first-order valence-electron chi connectivity index (χ1n) is 10.5. The number of nitrogens with zero attached hydrogens (tertiary/aromatic N) is 2. The number of benzene rings is 2. The number of nitrogens with one attached hydrogen (secondary N) is 1. The Bertz CT molecular complexity index is 1460. The smallest absolute Gasteiger partial charge is 0.413 e. The molecule has 9 heteroatoms. The maximum atomic E-state index is 14.9. The molecule has 0 fully saturated rings. The summed E-state index contributed by atoms with van der Waals surface area (Å²) in [5.74, 6) is -1.10. The molecule has 176 valence electrons. The van der Waals surface area contributed by atoms with Gasteiger partial charge in [0.15, 0.2) is 5.43 Å². The number of halogens is 2. The van der Waals surface area contributed by atoms with Crippen molar-refractivity contribution in [1.29, 1.82) is 0 Å². The lowest BCUT2D eigenvalue weighted by Gasteiger charge is -2.22. The number of carbonyl (C=O) groups excluding carboxylic acids is 1. The van der Waals surface area contributed by atoms with Crippen LogP contribution in [0.2, 0.25) is 0 Å². The van der Waals surface area contributed by atoms with Crippen molar-refractivity contribution in [2.24, 2.45) is 0 Å². The van der Waals surface area contributed by atoms with Crippen LogP contribution in [0.4, 0.5) is 19.4 Å². The van der Waals surface area contributed by atoms with E-state index in [1.165, 1.54) is 16.7 Å². The molecule has 1 amide bonds. The average Bonchev–Trinajstić information content (AvgIpc) is 3.05. The van der Waals surface area contributed by atoms with Crippen LogP contribution in [0.3, 0.4) is 0 Å². The van der Waals surface area contributed by atoms with E-state index in [1.807, 2.05) is 0 Å². The van der Waals surface area contributed by atoms with E-state index in [1.54, 1.807) is 52.8 Å². The first kappa shape index (κ1) is 23.2. The van der Waals surface area contributed by atoms with Crippen molar-refractivity contribution >= 4 is 22.8 Å². The summed E-state index contributed by atoms with van der Waals surface area (Å²) in [6, 6.07) is 9.25. The maximum Gasteiger partial charge on any atom is 0.413 e. The van der Waals surface area contributed by atoms with Gasteiger partial charge in [-0.25, -0.2) is 13.6 Å². The van der Waals surface area contributed by atoms with Crippen molar-refractivity contribution in [1.82, 2.24) is 9.72 Å². The Labute approximate surface area is 193 Å². The minimum Gasteiger partial charge on any atom is -0.444 e. The first-order chi connectivity index (χ1) is 15.9. The van der Waals surface area contributed by atoms with E-state index < -0.39 is 28.8 Å². The number of hydrogen-bond donors (Lipinski definition) is 1. The highest BCUT2D eigenvalue weighted by molar-refractivity contribution is 5.91. The summed E-state index contributed by atoms with van der Waals surface area (Å²) in [6.07, 6.45) is -0.829. The van der Waals surface area contributed by atoms with Gasteiger partial charge in [-0.1, -0.05) is 11.2 Å². The fourth-order valence-electron chi connectivity index (χ4n) is 3.79. The van der Waals surface area contributed by atoms with E-state index in [-0.39, 0.29) is 16.9 Å². The summed E-state index contributed by atoms with van der Waals surface area (Å²) >= 11 is 0. The van der Waals surface area contributed by atoms with Crippen LogP contribution >= 0.6 is 0 Å². The van der Waals surface area contributed by atoms with Crippen LogP contribution < -0.4 is 10.7 Å². The highest BCUT2D eigenvalue weighted by Gasteiger charge is 2.21. The molecule has 1 N–H and O–H groups in total. The fraction of sp³-hybridized carbons (Fsp3) is 0.240. The predicted octanol–water partition coefficient (Wildman–Crippen LogP) is 5.89. The van der Waals surface area contributed by atoms with Gasteiger partial charge in [-0.05, 0) is 64.4 Å². The van der Waals surface area contributed by atoms with Crippen LogP contribution in [0.25, 0.3) is 27.7 Å². The van der Waals surface area contributed by atoms with Gasteiger partial charge in [0.2, 0.25) is 0 Å². The number of anilines is 1. The molecule has 0 radical (unpaired) electrons. The van der Waals surface area contributed by atoms with Gasteiger partial charge < -0.3 is 9.26 Å². The highest BCUT2D eigenvalue weighted by Crippen LogP contribution is 2.32. The van der Waals surface area contributed by atoms with Crippen LogP contribution in [0.15, 0.2) is 51.8 Å². The van der Waals surface area contributed by atoms with E-state index in [4.69, 9.17) is 9.26 Å². The third-order valence-corrected chi connectivity index (χ3v) is 5.11. The number of rotatable bonds is 3. The molecule has 2 aromatic heterocycles. The molecule has 0 aliphatic rings. The van der Waals surface area contributed by atoms with Crippen molar-refractivity contribution in [2.45, 2.75) is 40.2 Å². The number of aryl methyl sites for hydroxylation is 2. The van der Waals surface area contributed by atoms with Crippen LogP contribution in [-0.2, 0) is 4.74 Å². The number of carbonyl (C=O) groups is 1. The van der Waals surface area contributed by atoms with Crippen molar-refractivity contribution < 1.29 is 22.8 Å². The lowest BCUT2D eigenvalue weighted by Crippen LogP contribution is -2.29. The second-order valence-electron chi connectivity index (χ2n) is 8.88. The lowest BCUT2D eigenvalue weighted by atomic mass is 10.0. The number of amides is 1. The fourth-order valence-corrected chi connectivity index (χ4v) is 3.79. The third kappa shape index (κ3) is 4.41. The van der Waals surface area contributed by atoms with E-state index in [0.717, 1.165) is 17.7 Å². The molecular formula is C25H23F2N3O4. The van der Waals surface area contributed by atoms with Gasteiger partial charge in [0.05, 0.1) is 16.9 Å². The molecule has 0 aliphatic heterocycles. The molecule has 2 heterocycles. The largest absolute Gasteiger partial charge is 0.444 e. The molecule has 2 aromatic carbocycles. The molecule has 0 unspecified atom stereocenters. The summed E-state index contributed by atoms with van der Waals surface area (Å²) in [7, 11) is 0. The van der Waals surface area contributed by atoms with Gasteiger partial charge in [-0.15, -0.1) is 0 Å². The zero-order chi connectivity index (χ0) is 24.8. The van der Waals surface area contributed by atoms with Crippen molar-refractivity contribution in [3.8, 4) is 16.8 Å². The van der Waals surface area contributed by atoms with Crippen molar-refractivity contribution in [3.05, 3.63) is 75.8 Å². The quantitative estimate of drug-likeness (QED) is 0.406. The van der Waals surface area contributed by atoms with Gasteiger partial charge in [-0.2, -0.15) is 0 Å². The number of pyridine rings is 1. The number of ether oxygens (including phenoxy) is 1. The highest BCUT2D eigenvalue weighted by atomic mass is 19.1. The number of fused-ring (bicyclic) bond motifs is 1. The predicted molar refractivity (Wildman–Crippen MR) is 124 cm³/mol. The summed E-state index contributed by atoms with van der Waals surface area (Å²) in [5.41, 5.74) is 1.07. The van der Waals surface area contributed by atoms with Gasteiger partial charge in [-0.3, -0.25) is 14.7 Å². The summed E-state index contributed by atoms with van der Waals surface area (Å²) in [5, 5.41) is 6.77. The second-order valence-corrected chi connectivity index (χ2v) is 8.88. The standard InChI is InChI=1S/C25H23F2N3O4/c1-13-23(14(2)34-29-13)15-6-8-17-20(10-15)30(19-9-7-16(26)11-18(19)27)22(12-21(17)31)28-24(32)33-25(3,4)5/h6-12H,1-5H3,(H,28,32). The lowest BCUT2D eigenvalue weighted by molar-refractivity contribution is 0.0635. The molecule has 0 atom stereocenters. The molecule has 34 heavy (non-hydrogen) atoms. The topological polar surface area (TPSA) is 86.4 Å². The van der Waals surface area contributed by atoms with Crippen molar-refractivity contribution in [2.75, 3.05) is 5.32 Å². The van der Waals surface area contributed by atoms with Gasteiger partial charge >= 0.3 is 6.09 Å². The van der Waals surface area contributed by atoms with Crippen LogP contribution in [0.5, 0.6) is 0 Å². The van der Waals surface area contributed by atoms with Crippen molar-refractivity contribution in [3.63, 3.8) is 0 Å². The summed E-state index contributed by atoms with van der Waals surface area (Å²) in [6.45, 7) is 8.61. The van der Waals surface area contributed by atoms with Crippen LogP contribution in [0, 0.1) is 25.5 Å². The Balaban J connectivity index is 2.02. The zero-order valence-corrected chi connectivity index (χ0v) is 19.3. The molecular weight excluding hydrogens is 444 g/mol. The molecule has 7 nitrogen and oxygen atoms in total. The second kappa shape index (κ2) is 8.40. The van der Waals surface area contributed by atoms with Gasteiger partial charge in [0.25, 0.3) is 0 Å². The Kier molecular flexibility index (Phi) is 5.72. The molecule has 0 bridgehead atoms.